The van der Waals surface area contributed by atoms with E-state index in [1.165, 1.54) is 12.0 Å². The van der Waals surface area contributed by atoms with Crippen molar-refractivity contribution in [2.24, 2.45) is 0 Å². The Morgan fingerprint density at radius 1 is 1.21 bits per heavy atom. The van der Waals surface area contributed by atoms with Crippen LogP contribution in [0.3, 0.4) is 0 Å². The van der Waals surface area contributed by atoms with Gasteiger partial charge in [0.1, 0.15) is 11.4 Å². The molecule has 2 aromatic carbocycles. The quantitative estimate of drug-likeness (QED) is 0.716. The summed E-state index contributed by atoms with van der Waals surface area (Å²) in [5.74, 6) is 0.211. The highest BCUT2D eigenvalue weighted by molar-refractivity contribution is 6.08. The largest absolute Gasteiger partial charge is 0.466 e. The number of rotatable bonds is 7. The molecule has 0 bridgehead atoms. The van der Waals surface area contributed by atoms with Gasteiger partial charge in [0.05, 0.1) is 31.5 Å². The lowest BCUT2D eigenvalue weighted by Gasteiger charge is -2.16. The molecule has 0 radical (unpaired) electrons. The molecule has 0 spiro atoms. The highest BCUT2D eigenvalue weighted by Gasteiger charge is 2.34. The van der Waals surface area contributed by atoms with Crippen molar-refractivity contribution in [3.63, 3.8) is 0 Å². The minimum atomic E-state index is -0.589. The van der Waals surface area contributed by atoms with Gasteiger partial charge in [-0.15, -0.1) is 0 Å². The zero-order chi connectivity index (χ0) is 20.1. The van der Waals surface area contributed by atoms with E-state index in [-0.39, 0.29) is 36.9 Å². The first-order valence-corrected chi connectivity index (χ1v) is 8.85. The van der Waals surface area contributed by atoms with Crippen LogP contribution in [0.15, 0.2) is 59.8 Å². The van der Waals surface area contributed by atoms with Gasteiger partial charge in [-0.2, -0.15) is 0 Å². The molecule has 1 amide bonds. The molecule has 0 aromatic heterocycles. The number of hydrogen-bond acceptors (Lipinski definition) is 6. The molecule has 0 atom stereocenters. The summed E-state index contributed by atoms with van der Waals surface area (Å²) in [6.45, 7) is 1.99. The second kappa shape index (κ2) is 8.58. The van der Waals surface area contributed by atoms with Gasteiger partial charge in [-0.1, -0.05) is 24.3 Å². The van der Waals surface area contributed by atoms with Crippen molar-refractivity contribution in [3.8, 4) is 11.5 Å². The Labute approximate surface area is 163 Å². The number of ether oxygens (including phenoxy) is 2. The summed E-state index contributed by atoms with van der Waals surface area (Å²) < 4.78 is 10.8. The standard InChI is InChI=1S/C21H22N2O5/c1-14-6-5-7-15(12-14)28-18-9-4-3-8-17(18)22-19-16(21(26)27-2)13-23(10-11-24)20(19)25/h3-9,12,22,24H,10-11,13H2,1-2H3. The number of carbonyl (C=O) groups is 2. The molecule has 1 aliphatic rings. The third-order valence-corrected chi connectivity index (χ3v) is 4.32. The van der Waals surface area contributed by atoms with E-state index in [1.54, 1.807) is 18.2 Å². The van der Waals surface area contributed by atoms with Gasteiger partial charge in [0.15, 0.2) is 5.75 Å². The Bertz CT molecular complexity index is 923. The van der Waals surface area contributed by atoms with E-state index in [2.05, 4.69) is 5.32 Å². The van der Waals surface area contributed by atoms with Gasteiger partial charge < -0.3 is 24.8 Å². The van der Waals surface area contributed by atoms with Gasteiger partial charge >= 0.3 is 5.97 Å². The maximum Gasteiger partial charge on any atom is 0.337 e. The Hall–Kier alpha value is -3.32. The van der Waals surface area contributed by atoms with Crippen LogP contribution in [0.5, 0.6) is 11.5 Å². The maximum absolute atomic E-state index is 12.7. The van der Waals surface area contributed by atoms with E-state index in [0.717, 1.165) is 5.56 Å². The van der Waals surface area contributed by atoms with E-state index in [4.69, 9.17) is 14.6 Å². The topological polar surface area (TPSA) is 88.1 Å². The molecule has 2 aromatic rings. The minimum Gasteiger partial charge on any atom is -0.466 e. The van der Waals surface area contributed by atoms with E-state index < -0.39 is 5.97 Å². The van der Waals surface area contributed by atoms with Crippen LogP contribution >= 0.6 is 0 Å². The molecular weight excluding hydrogens is 360 g/mol. The average Bonchev–Trinajstić information content (AvgIpc) is 2.99. The monoisotopic (exact) mass is 382 g/mol. The molecule has 2 N–H and O–H groups in total. The number of benzene rings is 2. The summed E-state index contributed by atoms with van der Waals surface area (Å²) >= 11 is 0. The van der Waals surface area contributed by atoms with Crippen molar-refractivity contribution in [3.05, 3.63) is 65.4 Å². The van der Waals surface area contributed by atoms with Gasteiger partial charge in [-0.3, -0.25) is 4.79 Å². The number of β-amino-alcohol motifs (C(OH)–C–C–N with tert-alkyl or cyclic N) is 1. The smallest absolute Gasteiger partial charge is 0.337 e. The van der Waals surface area contributed by atoms with Crippen molar-refractivity contribution >= 4 is 17.6 Å². The predicted octanol–water partition coefficient (Wildman–Crippen LogP) is 2.46. The number of hydrogen-bond donors (Lipinski definition) is 2. The zero-order valence-electron chi connectivity index (χ0n) is 15.8. The molecule has 28 heavy (non-hydrogen) atoms. The first-order chi connectivity index (χ1) is 13.5. The first kappa shape index (κ1) is 19.4. The molecule has 0 fully saturated rings. The average molecular weight is 382 g/mol. The molecule has 0 unspecified atom stereocenters. The molecule has 0 saturated carbocycles. The molecule has 3 rings (SSSR count). The summed E-state index contributed by atoms with van der Waals surface area (Å²) in [7, 11) is 1.26. The number of aryl methyl sites for hydroxylation is 1. The lowest BCUT2D eigenvalue weighted by molar-refractivity contribution is -0.136. The van der Waals surface area contributed by atoms with E-state index >= 15 is 0 Å². The molecular formula is C21H22N2O5. The highest BCUT2D eigenvalue weighted by Crippen LogP contribution is 2.32. The molecule has 0 aliphatic carbocycles. The van der Waals surface area contributed by atoms with Crippen LogP contribution in [0, 0.1) is 6.92 Å². The van der Waals surface area contributed by atoms with Crippen LogP contribution in [0.1, 0.15) is 5.56 Å². The van der Waals surface area contributed by atoms with Gasteiger partial charge in [0, 0.05) is 6.54 Å². The van der Waals surface area contributed by atoms with E-state index in [0.29, 0.717) is 17.2 Å². The number of methoxy groups -OCH3 is 1. The third kappa shape index (κ3) is 4.15. The molecule has 146 valence electrons. The first-order valence-electron chi connectivity index (χ1n) is 8.85. The van der Waals surface area contributed by atoms with E-state index in [1.807, 2.05) is 37.3 Å². The second-order valence-electron chi connectivity index (χ2n) is 6.34. The van der Waals surface area contributed by atoms with Crippen LogP contribution in [-0.4, -0.2) is 48.7 Å². The number of para-hydroxylation sites is 2. The van der Waals surface area contributed by atoms with Crippen LogP contribution in [0.25, 0.3) is 0 Å². The zero-order valence-corrected chi connectivity index (χ0v) is 15.8. The number of nitrogens with one attached hydrogen (secondary N) is 1. The van der Waals surface area contributed by atoms with Gasteiger partial charge in [-0.25, -0.2) is 4.79 Å². The highest BCUT2D eigenvalue weighted by atomic mass is 16.5. The van der Waals surface area contributed by atoms with Crippen LogP contribution < -0.4 is 10.1 Å². The maximum atomic E-state index is 12.7. The lowest BCUT2D eigenvalue weighted by Crippen LogP contribution is -2.31. The van der Waals surface area contributed by atoms with Crippen molar-refractivity contribution in [1.29, 1.82) is 0 Å². The number of nitrogens with zero attached hydrogens (tertiary/aromatic N) is 1. The van der Waals surface area contributed by atoms with Crippen molar-refractivity contribution in [1.82, 2.24) is 4.90 Å². The minimum absolute atomic E-state index is 0.0787. The fourth-order valence-corrected chi connectivity index (χ4v) is 2.95. The number of carbonyl (C=O) groups excluding carboxylic acids is 2. The van der Waals surface area contributed by atoms with Crippen molar-refractivity contribution < 1.29 is 24.2 Å². The summed E-state index contributed by atoms with van der Waals surface area (Å²) in [6.07, 6.45) is 0. The lowest BCUT2D eigenvalue weighted by atomic mass is 10.2. The number of anilines is 1. The molecule has 7 heteroatoms. The Balaban J connectivity index is 1.91. The number of amides is 1. The molecule has 7 nitrogen and oxygen atoms in total. The number of esters is 1. The Morgan fingerprint density at radius 2 is 2.00 bits per heavy atom. The van der Waals surface area contributed by atoms with Gasteiger partial charge in [-0.05, 0) is 36.8 Å². The van der Waals surface area contributed by atoms with Gasteiger partial charge in [0.25, 0.3) is 5.91 Å². The Kier molecular flexibility index (Phi) is 5.96. The Morgan fingerprint density at radius 3 is 2.71 bits per heavy atom. The molecule has 1 heterocycles. The normalized spacial score (nSPS) is 13.7. The fraction of sp³-hybridized carbons (Fsp3) is 0.238. The SMILES string of the molecule is COC(=O)C1=C(Nc2ccccc2Oc2cccc(C)c2)C(=O)N(CCO)C1. The van der Waals surface area contributed by atoms with Crippen molar-refractivity contribution in [2.45, 2.75) is 6.92 Å². The predicted molar refractivity (Wildman–Crippen MR) is 104 cm³/mol. The third-order valence-electron chi connectivity index (χ3n) is 4.32. The van der Waals surface area contributed by atoms with Crippen LogP contribution in [0.2, 0.25) is 0 Å². The van der Waals surface area contributed by atoms with Crippen LogP contribution in [-0.2, 0) is 14.3 Å². The summed E-state index contributed by atoms with van der Waals surface area (Å²) in [4.78, 5) is 26.2. The summed E-state index contributed by atoms with van der Waals surface area (Å²) in [6, 6.07) is 14.8. The summed E-state index contributed by atoms with van der Waals surface area (Å²) in [5, 5.41) is 12.2. The second-order valence-corrected chi connectivity index (χ2v) is 6.34. The van der Waals surface area contributed by atoms with Gasteiger partial charge in [0.2, 0.25) is 0 Å². The molecule has 0 saturated heterocycles. The fourth-order valence-electron chi connectivity index (χ4n) is 2.95. The number of aliphatic hydroxyl groups excluding tert-OH is 1. The van der Waals surface area contributed by atoms with Crippen LogP contribution in [0.4, 0.5) is 5.69 Å². The summed E-state index contributed by atoms with van der Waals surface area (Å²) in [5.41, 5.74) is 1.94. The molecule has 1 aliphatic heterocycles. The van der Waals surface area contributed by atoms with E-state index in [9.17, 15) is 9.59 Å². The van der Waals surface area contributed by atoms with Crippen molar-refractivity contribution in [2.75, 3.05) is 32.1 Å². The number of aliphatic hydroxyl groups is 1.